The van der Waals surface area contributed by atoms with E-state index in [-0.39, 0.29) is 52.5 Å². The topological polar surface area (TPSA) is 130 Å². The van der Waals surface area contributed by atoms with Crippen LogP contribution in [0.25, 0.3) is 0 Å². The Morgan fingerprint density at radius 1 is 1.03 bits per heavy atom. The van der Waals surface area contributed by atoms with Crippen LogP contribution >= 0.6 is 11.6 Å². The SMILES string of the molecule is O=C(O)NCc1ccnc(C(=O)NC23CCC(NC(=O)COc4ccc(Cl)c(F)c4)(CC2)CC3)c1. The summed E-state index contributed by atoms with van der Waals surface area (Å²) in [6.07, 6.45) is 4.61. The van der Waals surface area contributed by atoms with Crippen LogP contribution in [0.5, 0.6) is 5.75 Å². The monoisotopic (exact) mass is 504 g/mol. The predicted molar refractivity (Wildman–Crippen MR) is 125 cm³/mol. The molecular formula is C24H26ClFN4O5. The fourth-order valence-electron chi connectivity index (χ4n) is 4.80. The van der Waals surface area contributed by atoms with Crippen molar-refractivity contribution >= 4 is 29.5 Å². The molecule has 35 heavy (non-hydrogen) atoms. The van der Waals surface area contributed by atoms with Crippen LogP contribution in [0.15, 0.2) is 36.5 Å². The molecule has 0 atom stereocenters. The summed E-state index contributed by atoms with van der Waals surface area (Å²) in [6.45, 7) is -0.147. The number of carbonyl (C=O) groups excluding carboxylic acids is 2. The Balaban J connectivity index is 1.29. The highest BCUT2D eigenvalue weighted by Crippen LogP contribution is 2.47. The van der Waals surface area contributed by atoms with Gasteiger partial charge in [0.1, 0.15) is 17.3 Å². The second kappa shape index (κ2) is 10.1. The molecule has 5 rings (SSSR count). The largest absolute Gasteiger partial charge is 0.484 e. The molecule has 0 unspecified atom stereocenters. The summed E-state index contributed by atoms with van der Waals surface area (Å²) in [5.41, 5.74) is 0.162. The standard InChI is InChI=1S/C24H26ClFN4O5/c25-17-2-1-16(12-18(17)26)35-14-20(31)29-23-4-7-24(8-5-23,9-6-23)30-21(32)19-11-15(3-10-27-19)13-28-22(33)34/h1-3,10-12,28H,4-9,13-14H2,(H,29,31)(H,30,32)(H,33,34). The number of hydrogen-bond acceptors (Lipinski definition) is 5. The van der Waals surface area contributed by atoms with Crippen molar-refractivity contribution in [2.45, 2.75) is 56.1 Å². The first-order chi connectivity index (χ1) is 16.7. The van der Waals surface area contributed by atoms with Crippen LogP contribution in [0, 0.1) is 5.82 Å². The van der Waals surface area contributed by atoms with E-state index in [0.717, 1.165) is 6.07 Å². The average Bonchev–Trinajstić information content (AvgIpc) is 2.85. The maximum absolute atomic E-state index is 13.5. The number of carbonyl (C=O) groups is 3. The second-order valence-electron chi connectivity index (χ2n) is 9.14. The Bertz CT molecular complexity index is 1120. The number of pyridine rings is 1. The van der Waals surface area contributed by atoms with E-state index in [2.05, 4.69) is 20.9 Å². The first kappa shape index (κ1) is 24.7. The van der Waals surface area contributed by atoms with Crippen molar-refractivity contribution < 1.29 is 28.6 Å². The summed E-state index contributed by atoms with van der Waals surface area (Å²) in [5, 5.41) is 17.2. The van der Waals surface area contributed by atoms with Gasteiger partial charge in [-0.3, -0.25) is 14.6 Å². The summed E-state index contributed by atoms with van der Waals surface area (Å²) in [6, 6.07) is 7.24. The number of amides is 3. The molecule has 0 spiro atoms. The van der Waals surface area contributed by atoms with Gasteiger partial charge in [-0.2, -0.15) is 0 Å². The first-order valence-corrected chi connectivity index (χ1v) is 11.7. The fraction of sp³-hybridized carbons (Fsp3) is 0.417. The molecule has 0 aliphatic heterocycles. The van der Waals surface area contributed by atoms with Crippen LogP contribution in [0.2, 0.25) is 5.02 Å². The minimum Gasteiger partial charge on any atom is -0.484 e. The first-order valence-electron chi connectivity index (χ1n) is 11.3. The van der Waals surface area contributed by atoms with E-state index in [4.69, 9.17) is 21.4 Å². The zero-order valence-corrected chi connectivity index (χ0v) is 19.7. The molecule has 11 heteroatoms. The normalized spacial score (nSPS) is 22.8. The molecule has 1 aromatic carbocycles. The molecule has 3 aliphatic carbocycles. The number of hydrogen-bond donors (Lipinski definition) is 4. The van der Waals surface area contributed by atoms with Crippen molar-refractivity contribution in [3.05, 3.63) is 58.6 Å². The van der Waals surface area contributed by atoms with Gasteiger partial charge in [0, 0.05) is 29.9 Å². The van der Waals surface area contributed by atoms with E-state index in [9.17, 15) is 18.8 Å². The van der Waals surface area contributed by atoms with Crippen LogP contribution in [0.1, 0.15) is 54.6 Å². The fourth-order valence-corrected chi connectivity index (χ4v) is 4.92. The summed E-state index contributed by atoms with van der Waals surface area (Å²) in [7, 11) is 0. The summed E-state index contributed by atoms with van der Waals surface area (Å²) in [4.78, 5) is 40.2. The van der Waals surface area contributed by atoms with Gasteiger partial charge in [0.25, 0.3) is 11.8 Å². The number of nitrogens with zero attached hydrogens (tertiary/aromatic N) is 1. The van der Waals surface area contributed by atoms with Crippen molar-refractivity contribution in [3.8, 4) is 5.75 Å². The maximum atomic E-state index is 13.5. The van der Waals surface area contributed by atoms with Gasteiger partial charge in [-0.1, -0.05) is 11.6 Å². The van der Waals surface area contributed by atoms with Crippen LogP contribution < -0.4 is 20.7 Å². The molecule has 1 heterocycles. The predicted octanol–water partition coefficient (Wildman–Crippen LogP) is 3.41. The molecule has 0 radical (unpaired) electrons. The molecule has 0 saturated heterocycles. The van der Waals surface area contributed by atoms with Gasteiger partial charge in [-0.15, -0.1) is 0 Å². The van der Waals surface area contributed by atoms with Crippen molar-refractivity contribution in [1.82, 2.24) is 20.9 Å². The minimum atomic E-state index is -1.14. The lowest BCUT2D eigenvalue weighted by molar-refractivity contribution is -0.126. The van der Waals surface area contributed by atoms with Gasteiger partial charge >= 0.3 is 6.09 Å². The summed E-state index contributed by atoms with van der Waals surface area (Å²) < 4.78 is 18.9. The van der Waals surface area contributed by atoms with Crippen LogP contribution in [0.4, 0.5) is 9.18 Å². The zero-order valence-electron chi connectivity index (χ0n) is 18.9. The quantitative estimate of drug-likeness (QED) is 0.436. The lowest BCUT2D eigenvalue weighted by Gasteiger charge is -2.53. The van der Waals surface area contributed by atoms with E-state index < -0.39 is 11.9 Å². The lowest BCUT2D eigenvalue weighted by atomic mass is 9.61. The number of carboxylic acid groups (broad SMARTS) is 1. The number of aromatic nitrogens is 1. The summed E-state index contributed by atoms with van der Waals surface area (Å²) in [5.74, 6) is -0.969. The Morgan fingerprint density at radius 3 is 2.31 bits per heavy atom. The Labute approximate surface area is 206 Å². The van der Waals surface area contributed by atoms with Gasteiger partial charge in [-0.05, 0) is 68.4 Å². The minimum absolute atomic E-state index is 0.0145. The lowest BCUT2D eigenvalue weighted by Crippen LogP contribution is -2.64. The molecule has 3 fully saturated rings. The maximum Gasteiger partial charge on any atom is 0.404 e. The molecule has 3 amide bonds. The number of ether oxygens (including phenoxy) is 1. The van der Waals surface area contributed by atoms with Crippen molar-refractivity contribution in [3.63, 3.8) is 0 Å². The smallest absolute Gasteiger partial charge is 0.404 e. The molecule has 186 valence electrons. The summed E-state index contributed by atoms with van der Waals surface area (Å²) >= 11 is 5.66. The van der Waals surface area contributed by atoms with Crippen LogP contribution in [-0.2, 0) is 11.3 Å². The van der Waals surface area contributed by atoms with Crippen molar-refractivity contribution in [1.29, 1.82) is 0 Å². The highest BCUT2D eigenvalue weighted by atomic mass is 35.5. The molecule has 4 N–H and O–H groups in total. The molecule has 3 aliphatic rings. The molecular weight excluding hydrogens is 479 g/mol. The Hall–Kier alpha value is -3.40. The van der Waals surface area contributed by atoms with Gasteiger partial charge in [0.05, 0.1) is 5.02 Å². The van der Waals surface area contributed by atoms with Crippen molar-refractivity contribution in [2.75, 3.05) is 6.61 Å². The molecule has 2 aromatic rings. The third-order valence-corrected chi connectivity index (χ3v) is 7.10. The molecule has 9 nitrogen and oxygen atoms in total. The average molecular weight is 505 g/mol. The molecule has 3 saturated carbocycles. The zero-order chi connectivity index (χ0) is 25.1. The third kappa shape index (κ3) is 6.00. The molecule has 1 aromatic heterocycles. The highest BCUT2D eigenvalue weighted by Gasteiger charge is 2.50. The Morgan fingerprint density at radius 2 is 1.69 bits per heavy atom. The number of halogens is 2. The highest BCUT2D eigenvalue weighted by molar-refractivity contribution is 6.30. The second-order valence-corrected chi connectivity index (χ2v) is 9.54. The van der Waals surface area contributed by atoms with Crippen molar-refractivity contribution in [2.24, 2.45) is 0 Å². The number of nitrogens with one attached hydrogen (secondary N) is 3. The van der Waals surface area contributed by atoms with E-state index in [1.807, 2.05) is 0 Å². The molecule has 2 bridgehead atoms. The van der Waals surface area contributed by atoms with Gasteiger partial charge in [-0.25, -0.2) is 9.18 Å². The van der Waals surface area contributed by atoms with Crippen LogP contribution in [0.3, 0.4) is 0 Å². The number of fused-ring (bicyclic) bond motifs is 3. The third-order valence-electron chi connectivity index (χ3n) is 6.79. The van der Waals surface area contributed by atoms with Gasteiger partial charge in [0.15, 0.2) is 6.61 Å². The van der Waals surface area contributed by atoms with Crippen LogP contribution in [-0.4, -0.2) is 45.7 Å². The van der Waals surface area contributed by atoms with Gasteiger partial charge in [0.2, 0.25) is 0 Å². The Kier molecular flexibility index (Phi) is 7.11. The number of benzene rings is 1. The van der Waals surface area contributed by atoms with E-state index in [1.54, 1.807) is 12.1 Å². The van der Waals surface area contributed by atoms with E-state index >= 15 is 0 Å². The number of rotatable bonds is 8. The van der Waals surface area contributed by atoms with E-state index in [0.29, 0.717) is 44.1 Å². The van der Waals surface area contributed by atoms with Gasteiger partial charge < -0.3 is 25.8 Å². The van der Waals surface area contributed by atoms with E-state index in [1.165, 1.54) is 18.3 Å².